The van der Waals surface area contributed by atoms with Crippen molar-refractivity contribution in [1.29, 1.82) is 0 Å². The highest BCUT2D eigenvalue weighted by Crippen LogP contribution is 2.08. The van der Waals surface area contributed by atoms with E-state index >= 15 is 0 Å². The minimum Gasteiger partial charge on any atom is -0.332 e. The number of amides is 1. The van der Waals surface area contributed by atoms with Crippen molar-refractivity contribution in [1.82, 2.24) is 15.2 Å². The van der Waals surface area contributed by atoms with Crippen molar-refractivity contribution in [2.24, 2.45) is 0 Å². The standard InChI is InChI=1S/C11H15N3O2/c1-2-14(8-6-12-7-8)11(16)9-4-3-5-10(15)13-9/h3-5,8,12H,2,6-7H2,1H3,(H,13,15). The molecule has 0 saturated carbocycles. The minimum absolute atomic E-state index is 0.105. The Morgan fingerprint density at radius 1 is 1.50 bits per heavy atom. The van der Waals surface area contributed by atoms with Crippen LogP contribution in [0.2, 0.25) is 0 Å². The summed E-state index contributed by atoms with van der Waals surface area (Å²) in [7, 11) is 0. The van der Waals surface area contributed by atoms with Crippen LogP contribution >= 0.6 is 0 Å². The average molecular weight is 221 g/mol. The molecule has 1 aromatic rings. The van der Waals surface area contributed by atoms with Crippen LogP contribution in [0.1, 0.15) is 17.4 Å². The number of nitrogens with one attached hydrogen (secondary N) is 2. The quantitative estimate of drug-likeness (QED) is 0.743. The van der Waals surface area contributed by atoms with E-state index in [1.807, 2.05) is 6.92 Å². The molecular weight excluding hydrogens is 206 g/mol. The summed E-state index contributed by atoms with van der Waals surface area (Å²) in [5.74, 6) is -0.105. The zero-order valence-corrected chi connectivity index (χ0v) is 9.19. The van der Waals surface area contributed by atoms with Crippen LogP contribution in [0, 0.1) is 0 Å². The first-order chi connectivity index (χ1) is 7.72. The van der Waals surface area contributed by atoms with Crippen molar-refractivity contribution < 1.29 is 4.79 Å². The molecule has 1 aliphatic heterocycles. The van der Waals surface area contributed by atoms with Crippen molar-refractivity contribution in [3.8, 4) is 0 Å². The number of aromatic amines is 1. The Balaban J connectivity index is 2.19. The lowest BCUT2D eigenvalue weighted by molar-refractivity contribution is 0.0624. The molecule has 2 heterocycles. The second-order valence-corrected chi connectivity index (χ2v) is 3.83. The molecule has 0 aliphatic carbocycles. The third-order valence-electron chi connectivity index (χ3n) is 2.80. The highest BCUT2D eigenvalue weighted by Gasteiger charge is 2.28. The van der Waals surface area contributed by atoms with Crippen LogP contribution in [0.3, 0.4) is 0 Å². The Labute approximate surface area is 93.5 Å². The summed E-state index contributed by atoms with van der Waals surface area (Å²) in [6.45, 7) is 4.26. The van der Waals surface area contributed by atoms with Gasteiger partial charge in [-0.3, -0.25) is 9.59 Å². The predicted octanol–water partition coefficient (Wildman–Crippen LogP) is -0.191. The summed E-state index contributed by atoms with van der Waals surface area (Å²) < 4.78 is 0. The summed E-state index contributed by atoms with van der Waals surface area (Å²) in [5, 5.41) is 3.13. The van der Waals surface area contributed by atoms with Crippen molar-refractivity contribution in [3.05, 3.63) is 34.2 Å². The molecule has 86 valence electrons. The normalized spacial score (nSPS) is 15.6. The Morgan fingerprint density at radius 2 is 2.25 bits per heavy atom. The number of rotatable bonds is 3. The van der Waals surface area contributed by atoms with Crippen LogP contribution in [-0.2, 0) is 0 Å². The predicted molar refractivity (Wildman–Crippen MR) is 60.4 cm³/mol. The molecule has 0 bridgehead atoms. The average Bonchev–Trinajstić information content (AvgIpc) is 2.22. The van der Waals surface area contributed by atoms with E-state index in [4.69, 9.17) is 0 Å². The largest absolute Gasteiger partial charge is 0.332 e. The minimum atomic E-state index is -0.242. The topological polar surface area (TPSA) is 65.2 Å². The van der Waals surface area contributed by atoms with E-state index in [0.717, 1.165) is 13.1 Å². The zero-order chi connectivity index (χ0) is 11.5. The van der Waals surface area contributed by atoms with Crippen LogP contribution in [0.25, 0.3) is 0 Å². The van der Waals surface area contributed by atoms with Gasteiger partial charge in [-0.1, -0.05) is 6.07 Å². The molecule has 1 aromatic heterocycles. The summed E-state index contributed by atoms with van der Waals surface area (Å²) >= 11 is 0. The molecule has 0 unspecified atom stereocenters. The molecule has 5 heteroatoms. The van der Waals surface area contributed by atoms with Crippen LogP contribution < -0.4 is 10.9 Å². The first kappa shape index (κ1) is 10.9. The Hall–Kier alpha value is -1.62. The van der Waals surface area contributed by atoms with Gasteiger partial charge in [-0.05, 0) is 13.0 Å². The Morgan fingerprint density at radius 3 is 2.75 bits per heavy atom. The van der Waals surface area contributed by atoms with Gasteiger partial charge >= 0.3 is 0 Å². The zero-order valence-electron chi connectivity index (χ0n) is 9.19. The summed E-state index contributed by atoms with van der Waals surface area (Å²) in [6, 6.07) is 4.89. The van der Waals surface area contributed by atoms with Crippen molar-refractivity contribution in [3.63, 3.8) is 0 Å². The Bertz CT molecular complexity index is 437. The van der Waals surface area contributed by atoms with E-state index in [1.165, 1.54) is 6.07 Å². The highest BCUT2D eigenvalue weighted by molar-refractivity contribution is 5.92. The number of hydrogen-bond acceptors (Lipinski definition) is 3. The summed E-state index contributed by atoms with van der Waals surface area (Å²) in [5.41, 5.74) is 0.120. The highest BCUT2D eigenvalue weighted by atomic mass is 16.2. The maximum atomic E-state index is 12.1. The maximum absolute atomic E-state index is 12.1. The number of pyridine rings is 1. The van der Waals surface area contributed by atoms with Gasteiger partial charge in [0.05, 0.1) is 6.04 Å². The molecule has 0 radical (unpaired) electrons. The molecule has 16 heavy (non-hydrogen) atoms. The lowest BCUT2D eigenvalue weighted by atomic mass is 10.1. The lowest BCUT2D eigenvalue weighted by Crippen LogP contribution is -2.58. The molecule has 5 nitrogen and oxygen atoms in total. The fourth-order valence-electron chi connectivity index (χ4n) is 1.79. The first-order valence-corrected chi connectivity index (χ1v) is 5.43. The van der Waals surface area contributed by atoms with E-state index in [-0.39, 0.29) is 17.5 Å². The summed E-state index contributed by atoms with van der Waals surface area (Å²) in [6.07, 6.45) is 0. The van der Waals surface area contributed by atoms with E-state index in [0.29, 0.717) is 12.2 Å². The molecule has 1 saturated heterocycles. The van der Waals surface area contributed by atoms with Crippen LogP contribution in [-0.4, -0.2) is 41.5 Å². The SMILES string of the molecule is CCN(C(=O)c1cccc(=O)[nH]1)C1CNC1. The molecule has 2 rings (SSSR count). The molecule has 2 N–H and O–H groups in total. The monoisotopic (exact) mass is 221 g/mol. The number of carbonyl (C=O) groups is 1. The van der Waals surface area contributed by atoms with E-state index in [2.05, 4.69) is 10.3 Å². The third-order valence-corrected chi connectivity index (χ3v) is 2.80. The fraction of sp³-hybridized carbons (Fsp3) is 0.455. The van der Waals surface area contributed by atoms with Gasteiger partial charge in [0.2, 0.25) is 5.56 Å². The van der Waals surface area contributed by atoms with Crippen molar-refractivity contribution >= 4 is 5.91 Å². The molecule has 1 amide bonds. The molecule has 0 spiro atoms. The fourth-order valence-corrected chi connectivity index (χ4v) is 1.79. The van der Waals surface area contributed by atoms with Gasteiger partial charge in [-0.25, -0.2) is 0 Å². The van der Waals surface area contributed by atoms with Crippen molar-refractivity contribution in [2.45, 2.75) is 13.0 Å². The maximum Gasteiger partial charge on any atom is 0.270 e. The van der Waals surface area contributed by atoms with Crippen LogP contribution in [0.15, 0.2) is 23.0 Å². The van der Waals surface area contributed by atoms with E-state index < -0.39 is 0 Å². The Kier molecular flexibility index (Phi) is 3.05. The third kappa shape index (κ3) is 1.99. The van der Waals surface area contributed by atoms with Gasteiger partial charge in [0.15, 0.2) is 0 Å². The van der Waals surface area contributed by atoms with Gasteiger partial charge in [0.1, 0.15) is 5.69 Å². The first-order valence-electron chi connectivity index (χ1n) is 5.43. The second-order valence-electron chi connectivity index (χ2n) is 3.83. The van der Waals surface area contributed by atoms with Gasteiger partial charge in [-0.15, -0.1) is 0 Å². The molecule has 1 fully saturated rings. The van der Waals surface area contributed by atoms with E-state index in [1.54, 1.807) is 17.0 Å². The van der Waals surface area contributed by atoms with Crippen LogP contribution in [0.4, 0.5) is 0 Å². The number of H-pyrrole nitrogens is 1. The lowest BCUT2D eigenvalue weighted by Gasteiger charge is -2.37. The molecule has 1 aliphatic rings. The van der Waals surface area contributed by atoms with E-state index in [9.17, 15) is 9.59 Å². The van der Waals surface area contributed by atoms with Gasteiger partial charge in [0, 0.05) is 25.7 Å². The molecule has 0 aromatic carbocycles. The second kappa shape index (κ2) is 4.49. The van der Waals surface area contributed by atoms with Crippen LogP contribution in [0.5, 0.6) is 0 Å². The number of aromatic nitrogens is 1. The number of nitrogens with zero attached hydrogens (tertiary/aromatic N) is 1. The van der Waals surface area contributed by atoms with Gasteiger partial charge in [-0.2, -0.15) is 0 Å². The van der Waals surface area contributed by atoms with Gasteiger partial charge in [0.25, 0.3) is 5.91 Å². The number of likely N-dealkylation sites (N-methyl/N-ethyl adjacent to an activating group) is 1. The van der Waals surface area contributed by atoms with Crippen molar-refractivity contribution in [2.75, 3.05) is 19.6 Å². The smallest absolute Gasteiger partial charge is 0.270 e. The molecule has 0 atom stereocenters. The van der Waals surface area contributed by atoms with Gasteiger partial charge < -0.3 is 15.2 Å². The number of carbonyl (C=O) groups excluding carboxylic acids is 1. The molecular formula is C11H15N3O2. The number of hydrogen-bond donors (Lipinski definition) is 2. The summed E-state index contributed by atoms with van der Waals surface area (Å²) in [4.78, 5) is 27.5.